The molecule has 122 valence electrons. The summed E-state index contributed by atoms with van der Waals surface area (Å²) in [5.41, 5.74) is 8.17. The number of rotatable bonds is 3. The number of nitrogens with two attached hydrogens (primary N) is 1. The highest BCUT2D eigenvalue weighted by Gasteiger charge is 2.12. The van der Waals surface area contributed by atoms with Crippen LogP contribution in [0.1, 0.15) is 10.4 Å². The summed E-state index contributed by atoms with van der Waals surface area (Å²) in [6.45, 7) is 0. The molecule has 0 saturated heterocycles. The lowest BCUT2D eigenvalue weighted by atomic mass is 10.1. The van der Waals surface area contributed by atoms with Crippen LogP contribution in [0, 0.1) is 0 Å². The van der Waals surface area contributed by atoms with E-state index in [2.05, 4.69) is 4.98 Å². The lowest BCUT2D eigenvalue weighted by Crippen LogP contribution is -2.10. The summed E-state index contributed by atoms with van der Waals surface area (Å²) >= 11 is 1.47. The maximum Gasteiger partial charge on any atom is 0.336 e. The zero-order valence-electron chi connectivity index (χ0n) is 12.9. The minimum atomic E-state index is -0.464. The van der Waals surface area contributed by atoms with Crippen molar-refractivity contribution in [3.05, 3.63) is 76.0 Å². The summed E-state index contributed by atoms with van der Waals surface area (Å²) < 4.78 is 5.23. The van der Waals surface area contributed by atoms with Crippen molar-refractivity contribution in [3.63, 3.8) is 0 Å². The lowest BCUT2D eigenvalue weighted by Gasteiger charge is -2.02. The van der Waals surface area contributed by atoms with Gasteiger partial charge in [-0.25, -0.2) is 9.78 Å². The van der Waals surface area contributed by atoms with Crippen LogP contribution >= 0.6 is 11.3 Å². The van der Waals surface area contributed by atoms with E-state index in [1.807, 2.05) is 23.6 Å². The van der Waals surface area contributed by atoms with E-state index < -0.39 is 11.5 Å². The molecule has 1 amide bonds. The van der Waals surface area contributed by atoms with Crippen molar-refractivity contribution in [3.8, 4) is 21.8 Å². The van der Waals surface area contributed by atoms with Crippen molar-refractivity contribution in [1.82, 2.24) is 4.98 Å². The molecule has 4 aromatic rings. The molecule has 25 heavy (non-hydrogen) atoms. The normalized spacial score (nSPS) is 10.9. The predicted octanol–water partition coefficient (Wildman–Crippen LogP) is 3.68. The SMILES string of the molecule is NC(=O)c1ccc(-c2nc(-c3cc(=O)oc4ccccc34)cs2)cc1. The van der Waals surface area contributed by atoms with Crippen LogP contribution in [0.25, 0.3) is 32.8 Å². The fourth-order valence-corrected chi connectivity index (χ4v) is 3.46. The van der Waals surface area contributed by atoms with E-state index in [1.165, 1.54) is 17.4 Å². The van der Waals surface area contributed by atoms with Crippen LogP contribution in [0.3, 0.4) is 0 Å². The molecule has 0 fully saturated rings. The van der Waals surface area contributed by atoms with Gasteiger partial charge in [-0.2, -0.15) is 0 Å². The van der Waals surface area contributed by atoms with Gasteiger partial charge in [-0.1, -0.05) is 30.3 Å². The molecular formula is C19H12N2O3S. The zero-order chi connectivity index (χ0) is 17.4. The maximum atomic E-state index is 11.8. The number of nitrogens with zero attached hydrogens (tertiary/aromatic N) is 1. The number of hydrogen-bond acceptors (Lipinski definition) is 5. The van der Waals surface area contributed by atoms with E-state index in [-0.39, 0.29) is 0 Å². The first-order valence-electron chi connectivity index (χ1n) is 7.51. The molecule has 0 unspecified atom stereocenters. The second kappa shape index (κ2) is 5.99. The van der Waals surface area contributed by atoms with E-state index in [4.69, 9.17) is 10.2 Å². The summed E-state index contributed by atoms with van der Waals surface area (Å²) in [4.78, 5) is 27.6. The molecule has 0 spiro atoms. The van der Waals surface area contributed by atoms with Crippen LogP contribution in [-0.4, -0.2) is 10.9 Å². The smallest absolute Gasteiger partial charge is 0.336 e. The van der Waals surface area contributed by atoms with Crippen molar-refractivity contribution in [2.45, 2.75) is 0 Å². The molecule has 2 aromatic heterocycles. The molecule has 5 nitrogen and oxygen atoms in total. The Labute approximate surface area is 146 Å². The Morgan fingerprint density at radius 2 is 1.84 bits per heavy atom. The van der Waals surface area contributed by atoms with Gasteiger partial charge in [-0.15, -0.1) is 11.3 Å². The number of carbonyl (C=O) groups excluding carboxylic acids is 1. The topological polar surface area (TPSA) is 86.2 Å². The van der Waals surface area contributed by atoms with Crippen LogP contribution in [0.15, 0.2) is 69.2 Å². The number of thiazole rings is 1. The Morgan fingerprint density at radius 3 is 2.60 bits per heavy atom. The first kappa shape index (κ1) is 15.3. The average Bonchev–Trinajstić information content (AvgIpc) is 3.11. The van der Waals surface area contributed by atoms with Crippen LogP contribution in [0.2, 0.25) is 0 Å². The summed E-state index contributed by atoms with van der Waals surface area (Å²) in [7, 11) is 0. The summed E-state index contributed by atoms with van der Waals surface area (Å²) in [5, 5.41) is 3.53. The second-order valence-electron chi connectivity index (χ2n) is 5.45. The number of carbonyl (C=O) groups is 1. The fraction of sp³-hybridized carbons (Fsp3) is 0. The number of amides is 1. The van der Waals surface area contributed by atoms with Gasteiger partial charge in [0.15, 0.2) is 0 Å². The first-order chi connectivity index (χ1) is 12.1. The van der Waals surface area contributed by atoms with E-state index in [1.54, 1.807) is 30.3 Å². The second-order valence-corrected chi connectivity index (χ2v) is 6.31. The van der Waals surface area contributed by atoms with E-state index >= 15 is 0 Å². The van der Waals surface area contributed by atoms with Gasteiger partial charge < -0.3 is 10.2 Å². The van der Waals surface area contributed by atoms with E-state index in [0.29, 0.717) is 16.8 Å². The molecule has 0 saturated carbocycles. The molecule has 0 aliphatic rings. The first-order valence-corrected chi connectivity index (χ1v) is 8.39. The number of benzene rings is 2. The monoisotopic (exact) mass is 348 g/mol. The third-order valence-corrected chi connectivity index (χ3v) is 4.74. The Bertz CT molecular complexity index is 1140. The van der Waals surface area contributed by atoms with Gasteiger partial charge in [-0.3, -0.25) is 4.79 Å². The molecule has 0 aliphatic heterocycles. The third kappa shape index (κ3) is 2.83. The molecule has 0 atom stereocenters. The quantitative estimate of drug-likeness (QED) is 0.572. The number of fused-ring (bicyclic) bond motifs is 1. The van der Waals surface area contributed by atoms with Crippen molar-refractivity contribution in [2.24, 2.45) is 5.73 Å². The molecule has 6 heteroatoms. The Hall–Kier alpha value is -3.25. The zero-order valence-corrected chi connectivity index (χ0v) is 13.7. The molecular weight excluding hydrogens is 336 g/mol. The van der Waals surface area contributed by atoms with Gasteiger partial charge in [0, 0.05) is 33.5 Å². The van der Waals surface area contributed by atoms with Crippen LogP contribution < -0.4 is 11.4 Å². The van der Waals surface area contributed by atoms with Crippen molar-refractivity contribution in [2.75, 3.05) is 0 Å². The van der Waals surface area contributed by atoms with Gasteiger partial charge in [0.1, 0.15) is 10.6 Å². The van der Waals surface area contributed by atoms with Gasteiger partial charge in [0.05, 0.1) is 5.69 Å². The molecule has 2 heterocycles. The molecule has 0 radical (unpaired) electrons. The Balaban J connectivity index is 1.79. The van der Waals surface area contributed by atoms with Crippen LogP contribution in [0.5, 0.6) is 0 Å². The molecule has 0 bridgehead atoms. The van der Waals surface area contributed by atoms with Crippen molar-refractivity contribution >= 4 is 28.2 Å². The van der Waals surface area contributed by atoms with Crippen molar-refractivity contribution < 1.29 is 9.21 Å². The highest BCUT2D eigenvalue weighted by atomic mass is 32.1. The van der Waals surface area contributed by atoms with Crippen LogP contribution in [-0.2, 0) is 0 Å². The van der Waals surface area contributed by atoms with Gasteiger partial charge in [0.25, 0.3) is 0 Å². The number of hydrogen-bond donors (Lipinski definition) is 1. The minimum Gasteiger partial charge on any atom is -0.423 e. The summed E-state index contributed by atoms with van der Waals surface area (Å²) in [6.07, 6.45) is 0. The number of aromatic nitrogens is 1. The highest BCUT2D eigenvalue weighted by Crippen LogP contribution is 2.32. The summed E-state index contributed by atoms with van der Waals surface area (Å²) in [6, 6.07) is 15.8. The van der Waals surface area contributed by atoms with Gasteiger partial charge in [-0.05, 0) is 18.2 Å². The minimum absolute atomic E-state index is 0.408. The van der Waals surface area contributed by atoms with E-state index in [9.17, 15) is 9.59 Å². The Kier molecular flexibility index (Phi) is 3.66. The van der Waals surface area contributed by atoms with Crippen LogP contribution in [0.4, 0.5) is 0 Å². The van der Waals surface area contributed by atoms with Gasteiger partial charge in [0.2, 0.25) is 5.91 Å². The molecule has 4 rings (SSSR count). The van der Waals surface area contributed by atoms with Gasteiger partial charge >= 0.3 is 5.63 Å². The lowest BCUT2D eigenvalue weighted by molar-refractivity contribution is 0.100. The van der Waals surface area contributed by atoms with E-state index in [0.717, 1.165) is 21.5 Å². The third-order valence-electron chi connectivity index (χ3n) is 3.85. The molecule has 2 N–H and O–H groups in total. The number of para-hydroxylation sites is 1. The predicted molar refractivity (Wildman–Crippen MR) is 97.5 cm³/mol. The molecule has 2 aromatic carbocycles. The Morgan fingerprint density at radius 1 is 1.08 bits per heavy atom. The van der Waals surface area contributed by atoms with Crippen molar-refractivity contribution in [1.29, 1.82) is 0 Å². The largest absolute Gasteiger partial charge is 0.423 e. The average molecular weight is 348 g/mol. The summed E-state index contributed by atoms with van der Waals surface area (Å²) in [5.74, 6) is -0.464. The number of primary amides is 1. The highest BCUT2D eigenvalue weighted by molar-refractivity contribution is 7.13. The fourth-order valence-electron chi connectivity index (χ4n) is 2.63. The molecule has 0 aliphatic carbocycles. The maximum absolute atomic E-state index is 11.8. The standard InChI is InChI=1S/C19H12N2O3S/c20-18(23)11-5-7-12(8-6-11)19-21-15(10-25-19)14-9-17(22)24-16-4-2-1-3-13(14)16/h1-10H,(H2,20,23).